The van der Waals surface area contributed by atoms with Gasteiger partial charge in [-0.1, -0.05) is 17.7 Å². The zero-order chi connectivity index (χ0) is 12.1. The van der Waals surface area contributed by atoms with Crippen LogP contribution in [0.3, 0.4) is 0 Å². The third-order valence-electron chi connectivity index (χ3n) is 1.86. The van der Waals surface area contributed by atoms with E-state index in [2.05, 4.69) is 5.32 Å². The Morgan fingerprint density at radius 1 is 1.56 bits per heavy atom. The summed E-state index contributed by atoms with van der Waals surface area (Å²) in [6.07, 6.45) is 0.00865. The molecule has 4 nitrogen and oxygen atoms in total. The van der Waals surface area contributed by atoms with Crippen molar-refractivity contribution in [3.8, 4) is 0 Å². The highest BCUT2D eigenvalue weighted by Crippen LogP contribution is 2.27. The normalized spacial score (nSPS) is 10.5. The van der Waals surface area contributed by atoms with Crippen LogP contribution in [0.4, 0.5) is 11.4 Å². The number of anilines is 2. The van der Waals surface area contributed by atoms with Crippen molar-refractivity contribution in [2.45, 2.75) is 20.0 Å². The molecule has 0 unspecified atom stereocenters. The van der Waals surface area contributed by atoms with E-state index in [-0.39, 0.29) is 18.6 Å². The molecule has 0 aliphatic carbocycles. The van der Waals surface area contributed by atoms with Gasteiger partial charge in [0.15, 0.2) is 0 Å². The minimum Gasteiger partial charge on any atom is -0.397 e. The zero-order valence-electron chi connectivity index (χ0n) is 9.29. The van der Waals surface area contributed by atoms with Crippen molar-refractivity contribution in [1.82, 2.24) is 0 Å². The molecule has 1 aromatic rings. The largest absolute Gasteiger partial charge is 0.397 e. The fourth-order valence-electron chi connectivity index (χ4n) is 1.09. The number of nitrogens with two attached hydrogens (primary N) is 1. The van der Waals surface area contributed by atoms with Crippen LogP contribution in [0.1, 0.15) is 13.8 Å². The Bertz CT molecular complexity index is 360. The van der Waals surface area contributed by atoms with Gasteiger partial charge in [-0.05, 0) is 26.0 Å². The first-order valence-corrected chi connectivity index (χ1v) is 5.34. The van der Waals surface area contributed by atoms with E-state index < -0.39 is 0 Å². The average molecular weight is 243 g/mol. The summed E-state index contributed by atoms with van der Waals surface area (Å²) < 4.78 is 5.16. The number of para-hydroxylation sites is 1. The van der Waals surface area contributed by atoms with Gasteiger partial charge in [0, 0.05) is 0 Å². The lowest BCUT2D eigenvalue weighted by Crippen LogP contribution is -2.21. The number of rotatable bonds is 4. The van der Waals surface area contributed by atoms with Crippen LogP contribution in [0.25, 0.3) is 0 Å². The molecule has 0 saturated heterocycles. The van der Waals surface area contributed by atoms with Crippen LogP contribution in [0, 0.1) is 0 Å². The molecule has 1 aromatic carbocycles. The topological polar surface area (TPSA) is 64.3 Å². The Kier molecular flexibility index (Phi) is 4.58. The smallest absolute Gasteiger partial charge is 0.250 e. The van der Waals surface area contributed by atoms with Gasteiger partial charge in [-0.15, -0.1) is 0 Å². The second-order valence-electron chi connectivity index (χ2n) is 3.61. The van der Waals surface area contributed by atoms with Gasteiger partial charge in [0.25, 0.3) is 0 Å². The Hall–Kier alpha value is -1.26. The van der Waals surface area contributed by atoms with Crippen LogP contribution >= 0.6 is 11.6 Å². The summed E-state index contributed by atoms with van der Waals surface area (Å²) in [6.45, 7) is 3.70. The van der Waals surface area contributed by atoms with Crippen LogP contribution in [0.15, 0.2) is 18.2 Å². The van der Waals surface area contributed by atoms with Gasteiger partial charge in [-0.3, -0.25) is 4.79 Å². The third kappa shape index (κ3) is 3.72. The Labute approximate surface area is 99.7 Å². The third-order valence-corrected chi connectivity index (χ3v) is 2.17. The summed E-state index contributed by atoms with van der Waals surface area (Å²) in [5, 5.41) is 3.03. The zero-order valence-corrected chi connectivity index (χ0v) is 10.0. The molecule has 0 radical (unpaired) electrons. The molecule has 0 fully saturated rings. The Morgan fingerprint density at radius 3 is 2.81 bits per heavy atom. The summed E-state index contributed by atoms with van der Waals surface area (Å²) in [4.78, 5) is 11.5. The van der Waals surface area contributed by atoms with Gasteiger partial charge < -0.3 is 15.8 Å². The van der Waals surface area contributed by atoms with Crippen molar-refractivity contribution in [2.24, 2.45) is 0 Å². The number of halogens is 1. The highest BCUT2D eigenvalue weighted by molar-refractivity contribution is 6.34. The number of amides is 1. The van der Waals surface area contributed by atoms with Crippen molar-refractivity contribution < 1.29 is 9.53 Å². The van der Waals surface area contributed by atoms with Crippen molar-refractivity contribution >= 4 is 28.9 Å². The van der Waals surface area contributed by atoms with E-state index in [1.165, 1.54) is 0 Å². The lowest BCUT2D eigenvalue weighted by atomic mass is 10.2. The maximum Gasteiger partial charge on any atom is 0.250 e. The van der Waals surface area contributed by atoms with Crippen molar-refractivity contribution in [3.05, 3.63) is 23.2 Å². The van der Waals surface area contributed by atoms with Gasteiger partial charge in [-0.2, -0.15) is 0 Å². The van der Waals surface area contributed by atoms with E-state index in [0.29, 0.717) is 16.4 Å². The van der Waals surface area contributed by atoms with Crippen molar-refractivity contribution in [2.75, 3.05) is 17.7 Å². The van der Waals surface area contributed by atoms with E-state index in [1.54, 1.807) is 18.2 Å². The van der Waals surface area contributed by atoms with Crippen LogP contribution in [-0.2, 0) is 9.53 Å². The van der Waals surface area contributed by atoms with Gasteiger partial charge in [-0.25, -0.2) is 0 Å². The van der Waals surface area contributed by atoms with Crippen LogP contribution < -0.4 is 11.1 Å². The molecule has 3 N–H and O–H groups in total. The molecule has 0 saturated carbocycles. The fraction of sp³-hybridized carbons (Fsp3) is 0.364. The molecular formula is C11H15ClN2O2. The van der Waals surface area contributed by atoms with E-state index in [9.17, 15) is 4.79 Å². The molecule has 0 spiro atoms. The average Bonchev–Trinajstić information content (AvgIpc) is 2.21. The summed E-state index contributed by atoms with van der Waals surface area (Å²) in [7, 11) is 0. The molecule has 0 aliphatic rings. The van der Waals surface area contributed by atoms with Gasteiger partial charge in [0.1, 0.15) is 6.61 Å². The Morgan fingerprint density at radius 2 is 2.25 bits per heavy atom. The first-order chi connectivity index (χ1) is 7.50. The number of carbonyl (C=O) groups is 1. The van der Waals surface area contributed by atoms with Crippen LogP contribution in [0.5, 0.6) is 0 Å². The van der Waals surface area contributed by atoms with Crippen LogP contribution in [-0.4, -0.2) is 18.6 Å². The van der Waals surface area contributed by atoms with Crippen molar-refractivity contribution in [3.63, 3.8) is 0 Å². The molecular weight excluding hydrogens is 228 g/mol. The molecule has 0 atom stereocenters. The monoisotopic (exact) mass is 242 g/mol. The number of hydrogen-bond acceptors (Lipinski definition) is 3. The fourth-order valence-corrected chi connectivity index (χ4v) is 1.32. The number of nitrogen functional groups attached to an aromatic ring is 1. The molecule has 0 bridgehead atoms. The maximum atomic E-state index is 11.5. The van der Waals surface area contributed by atoms with E-state index in [0.717, 1.165) is 0 Å². The molecule has 0 aliphatic heterocycles. The Balaban J connectivity index is 2.63. The highest BCUT2D eigenvalue weighted by Gasteiger charge is 2.09. The van der Waals surface area contributed by atoms with Crippen LogP contribution in [0.2, 0.25) is 5.02 Å². The second-order valence-corrected chi connectivity index (χ2v) is 4.02. The highest BCUT2D eigenvalue weighted by atomic mass is 35.5. The predicted octanol–water partition coefficient (Wildman–Crippen LogP) is 2.29. The summed E-state index contributed by atoms with van der Waals surface area (Å²) in [5.74, 6) is -0.270. The second kappa shape index (κ2) is 5.72. The predicted molar refractivity (Wildman–Crippen MR) is 65.6 cm³/mol. The number of ether oxygens (including phenoxy) is 1. The number of nitrogens with one attached hydrogen (secondary N) is 1. The number of benzene rings is 1. The van der Waals surface area contributed by atoms with Gasteiger partial charge in [0.05, 0.1) is 22.5 Å². The number of hydrogen-bond donors (Lipinski definition) is 2. The van der Waals surface area contributed by atoms with Crippen molar-refractivity contribution in [1.29, 1.82) is 0 Å². The minimum absolute atomic E-state index is 0.00865. The summed E-state index contributed by atoms with van der Waals surface area (Å²) >= 11 is 5.90. The minimum atomic E-state index is -0.270. The number of carbonyl (C=O) groups excluding carboxylic acids is 1. The first kappa shape index (κ1) is 12.8. The molecule has 0 aromatic heterocycles. The lowest BCUT2D eigenvalue weighted by Gasteiger charge is -2.11. The summed E-state index contributed by atoms with van der Waals surface area (Å²) in [5.41, 5.74) is 6.55. The maximum absolute atomic E-state index is 11.5. The van der Waals surface area contributed by atoms with E-state index in [1.807, 2.05) is 13.8 Å². The van der Waals surface area contributed by atoms with Gasteiger partial charge in [0.2, 0.25) is 5.91 Å². The molecule has 1 rings (SSSR count). The molecule has 88 valence electrons. The summed E-state index contributed by atoms with van der Waals surface area (Å²) in [6, 6.07) is 5.06. The first-order valence-electron chi connectivity index (χ1n) is 4.96. The molecule has 0 heterocycles. The quantitative estimate of drug-likeness (QED) is 0.797. The SMILES string of the molecule is CC(C)OCC(=O)Nc1c(N)cccc1Cl. The lowest BCUT2D eigenvalue weighted by molar-refractivity contribution is -0.121. The van der Waals surface area contributed by atoms with Gasteiger partial charge >= 0.3 is 0 Å². The van der Waals surface area contributed by atoms with E-state index in [4.69, 9.17) is 22.1 Å². The molecule has 5 heteroatoms. The molecule has 16 heavy (non-hydrogen) atoms. The van der Waals surface area contributed by atoms with E-state index >= 15 is 0 Å². The molecule has 1 amide bonds. The standard InChI is InChI=1S/C11H15ClN2O2/c1-7(2)16-6-10(15)14-11-8(12)4-3-5-9(11)13/h3-5,7H,6,13H2,1-2H3,(H,14,15).